The molecule has 0 amide bonds. The van der Waals surface area contributed by atoms with Crippen LogP contribution in [0.25, 0.3) is 0 Å². The Hall–Kier alpha value is -1.81. The van der Waals surface area contributed by atoms with E-state index in [9.17, 15) is 0 Å². The van der Waals surface area contributed by atoms with Crippen molar-refractivity contribution < 1.29 is 0 Å². The molecular formula is C19H27ClN4. The smallest absolute Gasteiger partial charge is 0.134 e. The molecule has 1 aromatic heterocycles. The molecule has 0 saturated heterocycles. The van der Waals surface area contributed by atoms with Gasteiger partial charge in [-0.3, -0.25) is 0 Å². The molecule has 0 spiro atoms. The van der Waals surface area contributed by atoms with Gasteiger partial charge in [0.1, 0.15) is 17.5 Å². The van der Waals surface area contributed by atoms with E-state index in [1.165, 1.54) is 5.56 Å². The van der Waals surface area contributed by atoms with Gasteiger partial charge < -0.3 is 10.2 Å². The number of hydrogen-bond acceptors (Lipinski definition) is 4. The maximum Gasteiger partial charge on any atom is 0.134 e. The largest absolute Gasteiger partial charge is 0.370 e. The lowest BCUT2D eigenvalue weighted by Gasteiger charge is -2.23. The molecule has 1 aromatic carbocycles. The Kier molecular flexibility index (Phi) is 7.32. The summed E-state index contributed by atoms with van der Waals surface area (Å²) in [6.07, 6.45) is 3.16. The van der Waals surface area contributed by atoms with E-state index in [1.54, 1.807) is 0 Å². The predicted octanol–water partition coefficient (Wildman–Crippen LogP) is 4.72. The minimum Gasteiger partial charge on any atom is -0.370 e. The molecule has 0 atom stereocenters. The number of halogens is 1. The lowest BCUT2D eigenvalue weighted by atomic mass is 10.1. The van der Waals surface area contributed by atoms with Crippen LogP contribution in [0.4, 0.5) is 11.6 Å². The topological polar surface area (TPSA) is 41.0 Å². The molecule has 0 aliphatic heterocycles. The third-order valence-electron chi connectivity index (χ3n) is 3.77. The SMILES string of the molecule is CCCN(CCC)c1cc(NCCc2ccc(Cl)cc2)nc(C)n1. The first kappa shape index (κ1) is 18.5. The van der Waals surface area contributed by atoms with Gasteiger partial charge in [-0.2, -0.15) is 0 Å². The van der Waals surface area contributed by atoms with Crippen molar-refractivity contribution in [2.45, 2.75) is 40.0 Å². The summed E-state index contributed by atoms with van der Waals surface area (Å²) >= 11 is 5.92. The van der Waals surface area contributed by atoms with Crippen molar-refractivity contribution in [3.8, 4) is 0 Å². The molecule has 1 heterocycles. The Labute approximate surface area is 150 Å². The van der Waals surface area contributed by atoms with Crippen molar-refractivity contribution >= 4 is 23.2 Å². The van der Waals surface area contributed by atoms with Gasteiger partial charge >= 0.3 is 0 Å². The van der Waals surface area contributed by atoms with Gasteiger partial charge in [0.15, 0.2) is 0 Å². The molecule has 0 unspecified atom stereocenters. The van der Waals surface area contributed by atoms with Crippen molar-refractivity contribution in [3.63, 3.8) is 0 Å². The van der Waals surface area contributed by atoms with Crippen molar-refractivity contribution in [3.05, 3.63) is 46.7 Å². The third-order valence-corrected chi connectivity index (χ3v) is 4.02. The van der Waals surface area contributed by atoms with E-state index in [2.05, 4.69) is 52.2 Å². The fourth-order valence-corrected chi connectivity index (χ4v) is 2.80. The normalized spacial score (nSPS) is 10.7. The Balaban J connectivity index is 2.00. The molecule has 0 bridgehead atoms. The van der Waals surface area contributed by atoms with Crippen molar-refractivity contribution in [1.82, 2.24) is 9.97 Å². The monoisotopic (exact) mass is 346 g/mol. The van der Waals surface area contributed by atoms with Gasteiger partial charge in [-0.05, 0) is 43.9 Å². The molecule has 2 aromatic rings. The summed E-state index contributed by atoms with van der Waals surface area (Å²) < 4.78 is 0. The molecule has 0 radical (unpaired) electrons. The highest BCUT2D eigenvalue weighted by Gasteiger charge is 2.09. The van der Waals surface area contributed by atoms with Gasteiger partial charge in [0.2, 0.25) is 0 Å². The van der Waals surface area contributed by atoms with Crippen LogP contribution in [0.15, 0.2) is 30.3 Å². The summed E-state index contributed by atoms with van der Waals surface area (Å²) in [5, 5.41) is 4.19. The summed E-state index contributed by atoms with van der Waals surface area (Å²) in [5.41, 5.74) is 1.26. The number of aromatic nitrogens is 2. The van der Waals surface area contributed by atoms with Crippen molar-refractivity contribution in [1.29, 1.82) is 0 Å². The highest BCUT2D eigenvalue weighted by molar-refractivity contribution is 6.30. The Bertz CT molecular complexity index is 622. The average molecular weight is 347 g/mol. The molecule has 4 nitrogen and oxygen atoms in total. The molecule has 2 rings (SSSR count). The van der Waals surface area contributed by atoms with Crippen LogP contribution in [0.3, 0.4) is 0 Å². The van der Waals surface area contributed by atoms with Crippen LogP contribution in [-0.2, 0) is 6.42 Å². The number of hydrogen-bond donors (Lipinski definition) is 1. The van der Waals surface area contributed by atoms with Crippen LogP contribution in [0, 0.1) is 6.92 Å². The standard InChI is InChI=1S/C19H27ClN4/c1-4-12-24(13-5-2)19-14-18(22-15(3)23-19)21-11-10-16-6-8-17(20)9-7-16/h6-9,14H,4-5,10-13H2,1-3H3,(H,21,22,23). The Morgan fingerprint density at radius 3 is 2.33 bits per heavy atom. The van der Waals surface area contributed by atoms with E-state index in [-0.39, 0.29) is 0 Å². The first-order valence-electron chi connectivity index (χ1n) is 8.71. The number of nitrogens with one attached hydrogen (secondary N) is 1. The summed E-state index contributed by atoms with van der Waals surface area (Å²) in [6.45, 7) is 9.22. The second kappa shape index (κ2) is 9.48. The van der Waals surface area contributed by atoms with Gasteiger partial charge in [-0.1, -0.05) is 37.6 Å². The van der Waals surface area contributed by atoms with Gasteiger partial charge in [-0.25, -0.2) is 9.97 Å². The first-order valence-corrected chi connectivity index (χ1v) is 9.09. The molecular weight excluding hydrogens is 320 g/mol. The Morgan fingerprint density at radius 2 is 1.71 bits per heavy atom. The van der Waals surface area contributed by atoms with Crippen LogP contribution in [-0.4, -0.2) is 29.6 Å². The molecule has 0 aliphatic rings. The molecule has 0 aliphatic carbocycles. The molecule has 0 saturated carbocycles. The fourth-order valence-electron chi connectivity index (χ4n) is 2.67. The second-order valence-electron chi connectivity index (χ2n) is 5.95. The summed E-state index contributed by atoms with van der Waals surface area (Å²) in [4.78, 5) is 11.5. The molecule has 5 heteroatoms. The van der Waals surface area contributed by atoms with Crippen molar-refractivity contribution in [2.75, 3.05) is 29.9 Å². The summed E-state index contributed by atoms with van der Waals surface area (Å²) in [5.74, 6) is 2.71. The third kappa shape index (κ3) is 5.68. The summed E-state index contributed by atoms with van der Waals surface area (Å²) in [7, 11) is 0. The Morgan fingerprint density at radius 1 is 1.04 bits per heavy atom. The van der Waals surface area contributed by atoms with E-state index in [1.807, 2.05) is 19.1 Å². The maximum atomic E-state index is 5.92. The van der Waals surface area contributed by atoms with E-state index in [0.717, 1.165) is 61.4 Å². The maximum absolute atomic E-state index is 5.92. The zero-order valence-corrected chi connectivity index (χ0v) is 15.6. The van der Waals surface area contributed by atoms with E-state index in [0.29, 0.717) is 0 Å². The van der Waals surface area contributed by atoms with Gasteiger partial charge in [-0.15, -0.1) is 0 Å². The lowest BCUT2D eigenvalue weighted by Crippen LogP contribution is -2.26. The van der Waals surface area contributed by atoms with E-state index in [4.69, 9.17) is 11.6 Å². The number of nitrogens with zero attached hydrogens (tertiary/aromatic N) is 3. The molecule has 130 valence electrons. The number of rotatable bonds is 9. The minimum atomic E-state index is 0.773. The van der Waals surface area contributed by atoms with Crippen molar-refractivity contribution in [2.24, 2.45) is 0 Å². The highest BCUT2D eigenvalue weighted by Crippen LogP contribution is 2.17. The number of aryl methyl sites for hydroxylation is 1. The highest BCUT2D eigenvalue weighted by atomic mass is 35.5. The second-order valence-corrected chi connectivity index (χ2v) is 6.39. The van der Waals surface area contributed by atoms with Crippen LogP contribution < -0.4 is 10.2 Å². The average Bonchev–Trinajstić information content (AvgIpc) is 2.56. The van der Waals surface area contributed by atoms with Crippen LogP contribution >= 0.6 is 11.6 Å². The number of benzene rings is 1. The summed E-state index contributed by atoms with van der Waals surface area (Å²) in [6, 6.07) is 10.0. The van der Waals surface area contributed by atoms with E-state index >= 15 is 0 Å². The lowest BCUT2D eigenvalue weighted by molar-refractivity contribution is 0.730. The van der Waals surface area contributed by atoms with E-state index < -0.39 is 0 Å². The molecule has 1 N–H and O–H groups in total. The van der Waals surface area contributed by atoms with Gasteiger partial charge in [0, 0.05) is 30.7 Å². The zero-order chi connectivity index (χ0) is 17.4. The van der Waals surface area contributed by atoms with Gasteiger partial charge in [0.25, 0.3) is 0 Å². The number of anilines is 2. The van der Waals surface area contributed by atoms with Crippen LogP contribution in [0.2, 0.25) is 5.02 Å². The molecule has 24 heavy (non-hydrogen) atoms. The fraction of sp³-hybridized carbons (Fsp3) is 0.474. The van der Waals surface area contributed by atoms with Crippen LogP contribution in [0.1, 0.15) is 38.1 Å². The minimum absolute atomic E-state index is 0.773. The quantitative estimate of drug-likeness (QED) is 0.713. The van der Waals surface area contributed by atoms with Gasteiger partial charge in [0.05, 0.1) is 0 Å². The predicted molar refractivity (Wildman–Crippen MR) is 103 cm³/mol. The zero-order valence-electron chi connectivity index (χ0n) is 14.8. The molecule has 0 fully saturated rings. The first-order chi connectivity index (χ1) is 11.6. The van der Waals surface area contributed by atoms with Crippen LogP contribution in [0.5, 0.6) is 0 Å².